The monoisotopic (exact) mass is 317 g/mol. The molecule has 0 radical (unpaired) electrons. The number of hydrogen-bond donors (Lipinski definition) is 2. The van der Waals surface area contributed by atoms with E-state index in [1.54, 1.807) is 12.3 Å². The molecule has 0 saturated heterocycles. The molecule has 1 heterocycles. The first-order valence-corrected chi connectivity index (χ1v) is 7.00. The Hall–Kier alpha value is -2.37. The van der Waals surface area contributed by atoms with Crippen LogP contribution in [0.2, 0.25) is 5.02 Å². The minimum absolute atomic E-state index is 0.350. The summed E-state index contributed by atoms with van der Waals surface area (Å²) >= 11 is 6.07. The number of nitrogens with two attached hydrogens (primary N) is 1. The maximum Gasteiger partial charge on any atom is 0.267 e. The predicted octanol–water partition coefficient (Wildman–Crippen LogP) is 3.09. The van der Waals surface area contributed by atoms with Crippen molar-refractivity contribution in [1.82, 2.24) is 9.99 Å². The van der Waals surface area contributed by atoms with Gasteiger partial charge in [0.15, 0.2) is 0 Å². The zero-order valence-corrected chi connectivity index (χ0v) is 12.3. The highest BCUT2D eigenvalue weighted by molar-refractivity contribution is 6.31. The number of hydrazine groups is 1. The lowest BCUT2D eigenvalue weighted by Gasteiger charge is -2.07. The van der Waals surface area contributed by atoms with E-state index in [1.165, 1.54) is 12.1 Å². The standard InChI is InChI=1S/C16H13ClFN3O/c17-14-7-11(18)6-5-10(14)8-21-9-13(16(22)20-19)12-3-1-2-4-15(12)21/h1-7,9H,8,19H2,(H,20,22). The molecule has 0 aliphatic heterocycles. The Bertz CT molecular complexity index is 860. The lowest BCUT2D eigenvalue weighted by atomic mass is 10.1. The molecular weight excluding hydrogens is 305 g/mol. The first-order valence-electron chi connectivity index (χ1n) is 6.63. The summed E-state index contributed by atoms with van der Waals surface area (Å²) in [7, 11) is 0. The Balaban J connectivity index is 2.09. The summed E-state index contributed by atoms with van der Waals surface area (Å²) in [6.45, 7) is 0.428. The molecule has 0 spiro atoms. The van der Waals surface area contributed by atoms with Gasteiger partial charge in [0.1, 0.15) is 5.82 Å². The zero-order valence-electron chi connectivity index (χ0n) is 11.5. The molecule has 0 saturated carbocycles. The van der Waals surface area contributed by atoms with Crippen LogP contribution in [0.25, 0.3) is 10.9 Å². The smallest absolute Gasteiger partial charge is 0.267 e. The van der Waals surface area contributed by atoms with Crippen molar-refractivity contribution < 1.29 is 9.18 Å². The number of amides is 1. The van der Waals surface area contributed by atoms with Crippen LogP contribution in [0.1, 0.15) is 15.9 Å². The molecule has 3 N–H and O–H groups in total. The average molecular weight is 318 g/mol. The first kappa shape index (κ1) is 14.6. The number of para-hydroxylation sites is 1. The zero-order chi connectivity index (χ0) is 15.7. The van der Waals surface area contributed by atoms with Gasteiger partial charge in [-0.15, -0.1) is 0 Å². The molecule has 112 valence electrons. The minimum Gasteiger partial charge on any atom is -0.342 e. The highest BCUT2D eigenvalue weighted by atomic mass is 35.5. The van der Waals surface area contributed by atoms with Crippen LogP contribution in [0.15, 0.2) is 48.7 Å². The summed E-state index contributed by atoms with van der Waals surface area (Å²) in [5.41, 5.74) is 4.27. The topological polar surface area (TPSA) is 60.0 Å². The summed E-state index contributed by atoms with van der Waals surface area (Å²) in [4.78, 5) is 11.9. The van der Waals surface area contributed by atoms with Crippen LogP contribution in [0, 0.1) is 5.82 Å². The van der Waals surface area contributed by atoms with E-state index in [-0.39, 0.29) is 11.7 Å². The van der Waals surface area contributed by atoms with Crippen LogP contribution in [-0.4, -0.2) is 10.5 Å². The van der Waals surface area contributed by atoms with Crippen molar-refractivity contribution in [2.45, 2.75) is 6.54 Å². The Morgan fingerprint density at radius 1 is 1.27 bits per heavy atom. The van der Waals surface area contributed by atoms with Gasteiger partial charge >= 0.3 is 0 Å². The average Bonchev–Trinajstić information content (AvgIpc) is 2.88. The Morgan fingerprint density at radius 2 is 2.05 bits per heavy atom. The van der Waals surface area contributed by atoms with Crippen LogP contribution in [-0.2, 0) is 6.54 Å². The first-order chi connectivity index (χ1) is 10.6. The lowest BCUT2D eigenvalue weighted by Crippen LogP contribution is -2.29. The minimum atomic E-state index is -0.380. The SMILES string of the molecule is NNC(=O)c1cn(Cc2ccc(F)cc2Cl)c2ccccc12. The summed E-state index contributed by atoms with van der Waals surface area (Å²) in [5.74, 6) is 4.48. The Kier molecular flexibility index (Phi) is 3.83. The maximum atomic E-state index is 13.1. The second kappa shape index (κ2) is 5.79. The van der Waals surface area contributed by atoms with E-state index in [9.17, 15) is 9.18 Å². The molecule has 4 nitrogen and oxygen atoms in total. The van der Waals surface area contributed by atoms with Crippen LogP contribution >= 0.6 is 11.6 Å². The van der Waals surface area contributed by atoms with E-state index >= 15 is 0 Å². The van der Waals surface area contributed by atoms with Crippen LogP contribution < -0.4 is 11.3 Å². The second-order valence-corrected chi connectivity index (χ2v) is 5.30. The quantitative estimate of drug-likeness (QED) is 0.443. The lowest BCUT2D eigenvalue weighted by molar-refractivity contribution is 0.0955. The number of fused-ring (bicyclic) bond motifs is 1. The molecular formula is C16H13ClFN3O. The fraction of sp³-hybridized carbons (Fsp3) is 0.0625. The molecule has 22 heavy (non-hydrogen) atoms. The van der Waals surface area contributed by atoms with E-state index < -0.39 is 0 Å². The summed E-state index contributed by atoms with van der Waals surface area (Å²) in [6.07, 6.45) is 1.71. The molecule has 1 amide bonds. The Labute approximate surface area is 131 Å². The number of carbonyl (C=O) groups is 1. The van der Waals surface area contributed by atoms with E-state index in [1.807, 2.05) is 28.8 Å². The third-order valence-corrected chi connectivity index (χ3v) is 3.87. The van der Waals surface area contributed by atoms with Gasteiger partial charge in [0.05, 0.1) is 5.56 Å². The van der Waals surface area contributed by atoms with Gasteiger partial charge in [-0.1, -0.05) is 35.9 Å². The number of rotatable bonds is 3. The number of nitrogen functional groups attached to an aromatic ring is 1. The van der Waals surface area contributed by atoms with Crippen LogP contribution in [0.3, 0.4) is 0 Å². The van der Waals surface area contributed by atoms with Crippen molar-refractivity contribution in [3.8, 4) is 0 Å². The number of benzene rings is 2. The summed E-state index contributed by atoms with van der Waals surface area (Å²) in [5, 5.41) is 1.14. The van der Waals surface area contributed by atoms with Gasteiger partial charge in [-0.2, -0.15) is 0 Å². The van der Waals surface area contributed by atoms with E-state index in [0.29, 0.717) is 17.1 Å². The van der Waals surface area contributed by atoms with Gasteiger partial charge in [-0.3, -0.25) is 10.2 Å². The number of nitrogens with one attached hydrogen (secondary N) is 1. The van der Waals surface area contributed by atoms with Crippen molar-refractivity contribution >= 4 is 28.4 Å². The molecule has 0 atom stereocenters. The van der Waals surface area contributed by atoms with Gasteiger partial charge in [-0.25, -0.2) is 10.2 Å². The van der Waals surface area contributed by atoms with Crippen molar-refractivity contribution in [2.75, 3.05) is 0 Å². The van der Waals surface area contributed by atoms with Gasteiger partial charge < -0.3 is 4.57 Å². The molecule has 0 fully saturated rings. The summed E-state index contributed by atoms with van der Waals surface area (Å²) in [6, 6.07) is 11.8. The van der Waals surface area contributed by atoms with E-state index in [2.05, 4.69) is 5.43 Å². The molecule has 0 unspecified atom stereocenters. The molecule has 2 aromatic carbocycles. The van der Waals surface area contributed by atoms with Crippen molar-refractivity contribution in [3.63, 3.8) is 0 Å². The van der Waals surface area contributed by atoms with Gasteiger partial charge in [0.25, 0.3) is 5.91 Å². The van der Waals surface area contributed by atoms with Crippen molar-refractivity contribution in [3.05, 3.63) is 70.6 Å². The normalized spacial score (nSPS) is 10.9. The van der Waals surface area contributed by atoms with Gasteiger partial charge in [0, 0.05) is 28.7 Å². The number of halogens is 2. The molecule has 1 aromatic heterocycles. The van der Waals surface area contributed by atoms with E-state index in [0.717, 1.165) is 16.5 Å². The van der Waals surface area contributed by atoms with Crippen LogP contribution in [0.4, 0.5) is 4.39 Å². The predicted molar refractivity (Wildman–Crippen MR) is 84.1 cm³/mol. The van der Waals surface area contributed by atoms with Gasteiger partial charge in [-0.05, 0) is 23.8 Å². The largest absolute Gasteiger partial charge is 0.342 e. The fourth-order valence-electron chi connectivity index (χ4n) is 2.47. The van der Waals surface area contributed by atoms with Crippen molar-refractivity contribution in [1.29, 1.82) is 0 Å². The Morgan fingerprint density at radius 3 is 2.77 bits per heavy atom. The van der Waals surface area contributed by atoms with Crippen molar-refractivity contribution in [2.24, 2.45) is 5.84 Å². The highest BCUT2D eigenvalue weighted by Crippen LogP contribution is 2.24. The number of hydrogen-bond acceptors (Lipinski definition) is 2. The molecule has 3 rings (SSSR count). The number of carbonyl (C=O) groups excluding carboxylic acids is 1. The molecule has 0 aliphatic rings. The second-order valence-electron chi connectivity index (χ2n) is 4.90. The highest BCUT2D eigenvalue weighted by Gasteiger charge is 2.14. The summed E-state index contributed by atoms with van der Waals surface area (Å²) < 4.78 is 15.0. The van der Waals surface area contributed by atoms with E-state index in [4.69, 9.17) is 17.4 Å². The number of nitrogens with zero attached hydrogens (tertiary/aromatic N) is 1. The van der Waals surface area contributed by atoms with Crippen LogP contribution in [0.5, 0.6) is 0 Å². The molecule has 0 bridgehead atoms. The molecule has 6 heteroatoms. The number of aromatic nitrogens is 1. The maximum absolute atomic E-state index is 13.1. The molecule has 0 aliphatic carbocycles. The third-order valence-electron chi connectivity index (χ3n) is 3.52. The van der Waals surface area contributed by atoms with Gasteiger partial charge in [0.2, 0.25) is 0 Å². The third kappa shape index (κ3) is 2.56. The molecule has 3 aromatic rings. The fourth-order valence-corrected chi connectivity index (χ4v) is 2.70.